The third-order valence-corrected chi connectivity index (χ3v) is 4.39. The highest BCUT2D eigenvalue weighted by Gasteiger charge is 2.31. The number of fused-ring (bicyclic) bond motifs is 1. The first-order chi connectivity index (χ1) is 11.0. The number of allylic oxidation sites excluding steroid dienone is 3. The Bertz CT molecular complexity index is 667. The Balaban J connectivity index is 2.63. The van der Waals surface area contributed by atoms with Crippen LogP contribution in [0.25, 0.3) is 0 Å². The molecule has 1 aliphatic rings. The second-order valence-corrected chi connectivity index (χ2v) is 6.16. The van der Waals surface area contributed by atoms with Crippen molar-refractivity contribution in [2.24, 2.45) is 4.99 Å². The van der Waals surface area contributed by atoms with E-state index in [1.54, 1.807) is 7.11 Å². The predicted octanol–water partition coefficient (Wildman–Crippen LogP) is 4.91. The number of ether oxygens (including phenoxy) is 1. The van der Waals surface area contributed by atoms with Crippen LogP contribution in [0.4, 0.5) is 0 Å². The quantitative estimate of drug-likeness (QED) is 0.540. The van der Waals surface area contributed by atoms with E-state index in [0.717, 1.165) is 24.3 Å². The van der Waals surface area contributed by atoms with Gasteiger partial charge in [-0.2, -0.15) is 0 Å². The van der Waals surface area contributed by atoms with Crippen LogP contribution in [0.1, 0.15) is 41.5 Å². The first-order valence-corrected chi connectivity index (χ1v) is 8.16. The van der Waals surface area contributed by atoms with E-state index in [1.807, 2.05) is 25.2 Å². The minimum Gasteiger partial charge on any atom is -0.385 e. The lowest BCUT2D eigenvalue weighted by molar-refractivity contribution is 0.185. The average molecular weight is 309 g/mol. The molecule has 0 saturated carbocycles. The maximum absolute atomic E-state index is 5.32. The Hall–Kier alpha value is -1.93. The highest BCUT2D eigenvalue weighted by Crippen LogP contribution is 2.38. The first kappa shape index (κ1) is 17.4. The van der Waals surface area contributed by atoms with Crippen molar-refractivity contribution in [1.29, 1.82) is 0 Å². The van der Waals surface area contributed by atoms with E-state index in [-0.39, 0.29) is 6.04 Å². The third kappa shape index (κ3) is 3.53. The van der Waals surface area contributed by atoms with Gasteiger partial charge in [0.25, 0.3) is 0 Å². The van der Waals surface area contributed by atoms with Crippen LogP contribution in [0.3, 0.4) is 0 Å². The molecule has 0 saturated heterocycles. The molecule has 2 unspecified atom stereocenters. The molecule has 1 aliphatic heterocycles. The molecule has 0 aromatic heterocycles. The van der Waals surface area contributed by atoms with Crippen LogP contribution in [0.15, 0.2) is 54.1 Å². The lowest BCUT2D eigenvalue weighted by atomic mass is 9.78. The van der Waals surface area contributed by atoms with E-state index in [2.05, 4.69) is 39.1 Å². The third-order valence-electron chi connectivity index (χ3n) is 4.39. The summed E-state index contributed by atoms with van der Waals surface area (Å²) < 4.78 is 5.32. The fourth-order valence-corrected chi connectivity index (χ4v) is 3.46. The Morgan fingerprint density at radius 2 is 2.09 bits per heavy atom. The van der Waals surface area contributed by atoms with E-state index < -0.39 is 0 Å². The molecular formula is C21H27NO. The highest BCUT2D eigenvalue weighted by molar-refractivity contribution is 6.16. The zero-order valence-corrected chi connectivity index (χ0v) is 14.7. The number of hydrogen-bond acceptors (Lipinski definition) is 2. The molecule has 2 atom stereocenters. The van der Waals surface area contributed by atoms with Crippen LogP contribution < -0.4 is 0 Å². The maximum Gasteiger partial charge on any atom is 0.0754 e. The molecule has 0 amide bonds. The van der Waals surface area contributed by atoms with E-state index in [0.29, 0.717) is 5.92 Å². The Morgan fingerprint density at radius 1 is 1.35 bits per heavy atom. The molecule has 23 heavy (non-hydrogen) atoms. The largest absolute Gasteiger partial charge is 0.385 e. The molecule has 2 heteroatoms. The van der Waals surface area contributed by atoms with Gasteiger partial charge in [0, 0.05) is 25.2 Å². The lowest BCUT2D eigenvalue weighted by Crippen LogP contribution is -2.27. The maximum atomic E-state index is 5.32. The molecule has 1 aromatic rings. The van der Waals surface area contributed by atoms with Crippen LogP contribution in [-0.4, -0.2) is 25.5 Å². The van der Waals surface area contributed by atoms with Gasteiger partial charge in [-0.05, 0) is 50.0 Å². The van der Waals surface area contributed by atoms with Crippen molar-refractivity contribution in [3.05, 3.63) is 71.3 Å². The smallest absolute Gasteiger partial charge is 0.0754 e. The molecule has 1 heterocycles. The fourth-order valence-electron chi connectivity index (χ4n) is 3.46. The first-order valence-electron chi connectivity index (χ1n) is 8.16. The molecule has 0 spiro atoms. The summed E-state index contributed by atoms with van der Waals surface area (Å²) in [5, 5.41) is 0. The molecule has 2 rings (SSSR count). The normalized spacial score (nSPS) is 20.3. The van der Waals surface area contributed by atoms with Gasteiger partial charge in [0.1, 0.15) is 0 Å². The van der Waals surface area contributed by atoms with Crippen molar-refractivity contribution in [2.45, 2.75) is 39.2 Å². The summed E-state index contributed by atoms with van der Waals surface area (Å²) in [7, 11) is 1.75. The van der Waals surface area contributed by atoms with Crippen LogP contribution in [-0.2, 0) is 4.74 Å². The van der Waals surface area contributed by atoms with Crippen molar-refractivity contribution in [1.82, 2.24) is 0 Å². The van der Waals surface area contributed by atoms with Gasteiger partial charge >= 0.3 is 0 Å². The van der Waals surface area contributed by atoms with Gasteiger partial charge in [-0.15, -0.1) is 6.58 Å². The van der Waals surface area contributed by atoms with Crippen molar-refractivity contribution < 1.29 is 4.74 Å². The van der Waals surface area contributed by atoms with Gasteiger partial charge in [-0.25, -0.2) is 0 Å². The summed E-state index contributed by atoms with van der Waals surface area (Å²) >= 11 is 0. The van der Waals surface area contributed by atoms with Gasteiger partial charge in [-0.3, -0.25) is 4.99 Å². The summed E-state index contributed by atoms with van der Waals surface area (Å²) in [5.41, 5.74) is 7.09. The van der Waals surface area contributed by atoms with Gasteiger partial charge < -0.3 is 4.74 Å². The molecule has 0 radical (unpaired) electrons. The molecule has 0 fully saturated rings. The molecule has 2 nitrogen and oxygen atoms in total. The van der Waals surface area contributed by atoms with E-state index in [1.165, 1.54) is 22.3 Å². The topological polar surface area (TPSA) is 21.6 Å². The zero-order valence-electron chi connectivity index (χ0n) is 14.7. The number of benzene rings is 1. The van der Waals surface area contributed by atoms with E-state index in [9.17, 15) is 0 Å². The number of nitrogens with zero attached hydrogens (tertiary/aromatic N) is 1. The van der Waals surface area contributed by atoms with Crippen molar-refractivity contribution in [3.63, 3.8) is 0 Å². The minimum absolute atomic E-state index is 0.0658. The summed E-state index contributed by atoms with van der Waals surface area (Å²) in [6.45, 7) is 15.3. The van der Waals surface area contributed by atoms with Gasteiger partial charge in [0.2, 0.25) is 0 Å². The van der Waals surface area contributed by atoms with Gasteiger partial charge in [0.15, 0.2) is 0 Å². The lowest BCUT2D eigenvalue weighted by Gasteiger charge is -2.32. The molecular weight excluding hydrogens is 282 g/mol. The van der Waals surface area contributed by atoms with Gasteiger partial charge in [0.05, 0.1) is 11.8 Å². The monoisotopic (exact) mass is 309 g/mol. The number of rotatable bonds is 6. The summed E-state index contributed by atoms with van der Waals surface area (Å²) in [5.74, 6) is 0.310. The fraction of sp³-hybridized carbons (Fsp3) is 0.381. The zero-order chi connectivity index (χ0) is 17.0. The van der Waals surface area contributed by atoms with Crippen LogP contribution >= 0.6 is 0 Å². The van der Waals surface area contributed by atoms with Crippen molar-refractivity contribution >= 4 is 5.71 Å². The summed E-state index contributed by atoms with van der Waals surface area (Å²) in [6, 6.07) is 4.55. The second kappa shape index (κ2) is 7.56. The molecule has 0 bridgehead atoms. The number of methoxy groups -OCH3 is 1. The summed E-state index contributed by atoms with van der Waals surface area (Å²) in [6.07, 6.45) is 6.92. The van der Waals surface area contributed by atoms with Gasteiger partial charge in [-0.1, -0.05) is 36.4 Å². The van der Waals surface area contributed by atoms with Crippen molar-refractivity contribution in [2.75, 3.05) is 13.7 Å². The number of hydrogen-bond donors (Lipinski definition) is 0. The standard InChI is InChI=1S/C21H27NO/c1-7-9-15(4)21-18-13-14(3)12-16(5)20(18)17(10-11-23-6)19(8-2)22-21/h7-9,12-13,17,19H,2,4,10-11H2,1,3,5-6H3/b9-7-. The average Bonchev–Trinajstić information content (AvgIpc) is 2.51. The van der Waals surface area contributed by atoms with E-state index >= 15 is 0 Å². The Morgan fingerprint density at radius 3 is 2.70 bits per heavy atom. The van der Waals surface area contributed by atoms with Crippen molar-refractivity contribution in [3.8, 4) is 0 Å². The summed E-state index contributed by atoms with van der Waals surface area (Å²) in [4.78, 5) is 4.97. The predicted molar refractivity (Wildman–Crippen MR) is 99.6 cm³/mol. The minimum atomic E-state index is 0.0658. The SMILES string of the molecule is C=CC1N=C(C(=C)/C=C\C)c2cc(C)cc(C)c2C1CCOC. The van der Waals surface area contributed by atoms with Crippen LogP contribution in [0.5, 0.6) is 0 Å². The molecule has 0 aliphatic carbocycles. The van der Waals surface area contributed by atoms with Crippen LogP contribution in [0, 0.1) is 13.8 Å². The highest BCUT2D eigenvalue weighted by atomic mass is 16.5. The van der Waals surface area contributed by atoms with Crippen LogP contribution in [0.2, 0.25) is 0 Å². The molecule has 122 valence electrons. The Kier molecular flexibility index (Phi) is 5.73. The molecule has 1 aromatic carbocycles. The number of aryl methyl sites for hydroxylation is 2. The Labute approximate surface area is 140 Å². The molecule has 0 N–H and O–H groups in total. The second-order valence-electron chi connectivity index (χ2n) is 6.16. The van der Waals surface area contributed by atoms with E-state index in [4.69, 9.17) is 9.73 Å². The number of aliphatic imine (C=N–C) groups is 1.